The molecule has 1 atom stereocenters. The lowest BCUT2D eigenvalue weighted by Crippen LogP contribution is -2.48. The fourth-order valence-electron chi connectivity index (χ4n) is 3.68. The molecule has 29 heavy (non-hydrogen) atoms. The minimum atomic E-state index is 0. The zero-order valence-corrected chi connectivity index (χ0v) is 19.8. The van der Waals surface area contributed by atoms with Crippen LogP contribution in [0.15, 0.2) is 27.8 Å². The molecular formula is C21H36IN3O4. The summed E-state index contributed by atoms with van der Waals surface area (Å²) in [7, 11) is 1.71. The second kappa shape index (κ2) is 14.2. The van der Waals surface area contributed by atoms with Crippen LogP contribution in [0.25, 0.3) is 0 Å². The molecule has 0 amide bonds. The summed E-state index contributed by atoms with van der Waals surface area (Å²) < 4.78 is 22.5. The number of likely N-dealkylation sites (tertiary alicyclic amines) is 1. The van der Waals surface area contributed by atoms with E-state index >= 15 is 0 Å². The van der Waals surface area contributed by atoms with Crippen molar-refractivity contribution in [1.82, 2.24) is 10.2 Å². The molecule has 0 bridgehead atoms. The number of furan rings is 1. The maximum absolute atomic E-state index is 6.13. The number of guanidine groups is 1. The largest absolute Gasteiger partial charge is 0.469 e. The van der Waals surface area contributed by atoms with Crippen molar-refractivity contribution >= 4 is 29.9 Å². The highest BCUT2D eigenvalue weighted by atomic mass is 127. The Hall–Kier alpha value is -0.840. The van der Waals surface area contributed by atoms with E-state index in [0.717, 1.165) is 70.3 Å². The molecule has 0 radical (unpaired) electrons. The summed E-state index contributed by atoms with van der Waals surface area (Å²) >= 11 is 0. The number of aliphatic imine (C=N–C) groups is 1. The van der Waals surface area contributed by atoms with Gasteiger partial charge in [0, 0.05) is 39.8 Å². The molecule has 1 aromatic heterocycles. The van der Waals surface area contributed by atoms with Gasteiger partial charge in [0.15, 0.2) is 5.96 Å². The van der Waals surface area contributed by atoms with Crippen LogP contribution < -0.4 is 5.32 Å². The van der Waals surface area contributed by atoms with Crippen LogP contribution in [-0.4, -0.2) is 76.2 Å². The van der Waals surface area contributed by atoms with Gasteiger partial charge in [-0.05, 0) is 44.2 Å². The standard InChI is InChI=1S/C21H35N3O4.HI/c1-25-16-11-23-21(22-10-7-18-6-4-15-26-18)24-12-8-19(9-13-24)28-17-20-5-2-3-14-27-20;/h4,6,15,19-20H,2-3,5,7-14,16-17H2,1H3,(H,22,23);1H. The number of rotatable bonds is 9. The lowest BCUT2D eigenvalue weighted by molar-refractivity contribution is -0.0721. The molecule has 2 aliphatic rings. The summed E-state index contributed by atoms with van der Waals surface area (Å²) in [4.78, 5) is 7.04. The molecule has 2 aliphatic heterocycles. The van der Waals surface area contributed by atoms with Gasteiger partial charge < -0.3 is 28.8 Å². The number of hydrogen-bond donors (Lipinski definition) is 1. The molecule has 1 unspecified atom stereocenters. The normalized spacial score (nSPS) is 21.1. The van der Waals surface area contributed by atoms with E-state index in [9.17, 15) is 0 Å². The summed E-state index contributed by atoms with van der Waals surface area (Å²) in [6.45, 7) is 5.62. The number of piperidine rings is 1. The quantitative estimate of drug-likeness (QED) is 0.233. The Bertz CT molecular complexity index is 556. The van der Waals surface area contributed by atoms with Crippen molar-refractivity contribution in [3.63, 3.8) is 0 Å². The molecular weight excluding hydrogens is 485 g/mol. The number of halogens is 1. The summed E-state index contributed by atoms with van der Waals surface area (Å²) in [5.41, 5.74) is 0. The molecule has 3 heterocycles. The van der Waals surface area contributed by atoms with Crippen LogP contribution in [0.4, 0.5) is 0 Å². The van der Waals surface area contributed by atoms with Crippen LogP contribution in [0.3, 0.4) is 0 Å². The highest BCUT2D eigenvalue weighted by molar-refractivity contribution is 14.0. The van der Waals surface area contributed by atoms with E-state index in [1.54, 1.807) is 13.4 Å². The first-order chi connectivity index (χ1) is 13.8. The molecule has 166 valence electrons. The van der Waals surface area contributed by atoms with Gasteiger partial charge in [0.2, 0.25) is 0 Å². The number of nitrogens with zero attached hydrogens (tertiary/aromatic N) is 2. The fraction of sp³-hybridized carbons (Fsp3) is 0.762. The van der Waals surface area contributed by atoms with Gasteiger partial charge >= 0.3 is 0 Å². The molecule has 2 saturated heterocycles. The number of nitrogens with one attached hydrogen (secondary N) is 1. The summed E-state index contributed by atoms with van der Waals surface area (Å²) in [5, 5.41) is 3.48. The topological polar surface area (TPSA) is 68.5 Å². The molecule has 0 aliphatic carbocycles. The first-order valence-electron chi connectivity index (χ1n) is 10.6. The maximum Gasteiger partial charge on any atom is 0.194 e. The van der Waals surface area contributed by atoms with Gasteiger partial charge in [-0.15, -0.1) is 24.0 Å². The molecule has 1 N–H and O–H groups in total. The molecule has 2 fully saturated rings. The minimum absolute atomic E-state index is 0. The third kappa shape index (κ3) is 8.82. The number of hydrogen-bond acceptors (Lipinski definition) is 5. The van der Waals surface area contributed by atoms with E-state index in [2.05, 4.69) is 10.2 Å². The monoisotopic (exact) mass is 521 g/mol. The number of ether oxygens (including phenoxy) is 3. The van der Waals surface area contributed by atoms with Gasteiger partial charge in [-0.1, -0.05) is 0 Å². The minimum Gasteiger partial charge on any atom is -0.469 e. The zero-order chi connectivity index (χ0) is 19.4. The van der Waals surface area contributed by atoms with Gasteiger partial charge in [0.25, 0.3) is 0 Å². The Morgan fingerprint density at radius 2 is 2.14 bits per heavy atom. The van der Waals surface area contributed by atoms with E-state index in [-0.39, 0.29) is 24.0 Å². The second-order valence-corrected chi connectivity index (χ2v) is 7.46. The maximum atomic E-state index is 6.13. The van der Waals surface area contributed by atoms with Crippen molar-refractivity contribution in [2.75, 3.05) is 53.1 Å². The van der Waals surface area contributed by atoms with E-state index in [1.807, 2.05) is 12.1 Å². The summed E-state index contributed by atoms with van der Waals surface area (Å²) in [6, 6.07) is 3.92. The van der Waals surface area contributed by atoms with E-state index in [4.69, 9.17) is 23.6 Å². The van der Waals surface area contributed by atoms with Crippen molar-refractivity contribution in [3.05, 3.63) is 24.2 Å². The highest BCUT2D eigenvalue weighted by Gasteiger charge is 2.23. The van der Waals surface area contributed by atoms with Crippen molar-refractivity contribution < 1.29 is 18.6 Å². The Kier molecular flexibility index (Phi) is 12.0. The third-order valence-electron chi connectivity index (χ3n) is 5.32. The Balaban J connectivity index is 0.00000300. The molecule has 8 heteroatoms. The van der Waals surface area contributed by atoms with Crippen LogP contribution in [0.1, 0.15) is 37.9 Å². The van der Waals surface area contributed by atoms with Gasteiger partial charge in [-0.2, -0.15) is 0 Å². The predicted molar refractivity (Wildman–Crippen MR) is 124 cm³/mol. The molecule has 1 aromatic rings. The van der Waals surface area contributed by atoms with Crippen LogP contribution >= 0.6 is 24.0 Å². The van der Waals surface area contributed by atoms with E-state index < -0.39 is 0 Å². The van der Waals surface area contributed by atoms with Crippen molar-refractivity contribution in [3.8, 4) is 0 Å². The van der Waals surface area contributed by atoms with Crippen LogP contribution in [-0.2, 0) is 20.6 Å². The van der Waals surface area contributed by atoms with Crippen molar-refractivity contribution in [2.45, 2.75) is 50.7 Å². The SMILES string of the molecule is COCCN=C(NCCc1ccco1)N1CCC(OCC2CCCCO2)CC1.I. The van der Waals surface area contributed by atoms with Gasteiger partial charge in [0.1, 0.15) is 5.76 Å². The Morgan fingerprint density at radius 1 is 1.28 bits per heavy atom. The highest BCUT2D eigenvalue weighted by Crippen LogP contribution is 2.18. The summed E-state index contributed by atoms with van der Waals surface area (Å²) in [6.07, 6.45) is 8.81. The molecule has 7 nitrogen and oxygen atoms in total. The predicted octanol–water partition coefficient (Wildman–Crippen LogP) is 3.08. The lowest BCUT2D eigenvalue weighted by atomic mass is 10.1. The first kappa shape index (κ1) is 24.4. The molecule has 0 aromatic carbocycles. The third-order valence-corrected chi connectivity index (χ3v) is 5.32. The van der Waals surface area contributed by atoms with E-state index in [0.29, 0.717) is 25.4 Å². The molecule has 3 rings (SSSR count). The fourth-order valence-corrected chi connectivity index (χ4v) is 3.68. The van der Waals surface area contributed by atoms with Crippen molar-refractivity contribution in [2.24, 2.45) is 4.99 Å². The average molecular weight is 521 g/mol. The Morgan fingerprint density at radius 3 is 2.83 bits per heavy atom. The second-order valence-electron chi connectivity index (χ2n) is 7.46. The summed E-state index contributed by atoms with van der Waals surface area (Å²) in [5.74, 6) is 1.94. The van der Waals surface area contributed by atoms with Crippen molar-refractivity contribution in [1.29, 1.82) is 0 Å². The average Bonchev–Trinajstić information content (AvgIpc) is 3.26. The van der Waals surface area contributed by atoms with Crippen LogP contribution in [0.2, 0.25) is 0 Å². The molecule has 0 saturated carbocycles. The van der Waals surface area contributed by atoms with Crippen LogP contribution in [0.5, 0.6) is 0 Å². The molecule has 0 spiro atoms. The number of methoxy groups -OCH3 is 1. The Labute approximate surface area is 191 Å². The van der Waals surface area contributed by atoms with Gasteiger partial charge in [-0.3, -0.25) is 4.99 Å². The van der Waals surface area contributed by atoms with Gasteiger partial charge in [0.05, 0.1) is 38.2 Å². The van der Waals surface area contributed by atoms with Gasteiger partial charge in [-0.25, -0.2) is 0 Å². The zero-order valence-electron chi connectivity index (χ0n) is 17.5. The smallest absolute Gasteiger partial charge is 0.194 e. The lowest BCUT2D eigenvalue weighted by Gasteiger charge is -2.35. The first-order valence-corrected chi connectivity index (χ1v) is 10.6. The van der Waals surface area contributed by atoms with Crippen LogP contribution in [0, 0.1) is 0 Å². The van der Waals surface area contributed by atoms with E-state index in [1.165, 1.54) is 12.8 Å².